The molecule has 2 aromatic heterocycles. The van der Waals surface area contributed by atoms with Crippen molar-refractivity contribution in [2.24, 2.45) is 0 Å². The van der Waals surface area contributed by atoms with E-state index in [9.17, 15) is 8.78 Å². The number of nitrogens with zero attached hydrogens (tertiary/aromatic N) is 3. The SMILES string of the molecule is Fc1ccc(-n2cccc2[C@@H]2[C@@H](c3ccccn3)NC(=S)N2c2ccccc2F)cc1. The van der Waals surface area contributed by atoms with Crippen LogP contribution in [0.25, 0.3) is 5.69 Å². The van der Waals surface area contributed by atoms with E-state index in [0.717, 1.165) is 17.1 Å². The van der Waals surface area contributed by atoms with Crippen molar-refractivity contribution in [2.45, 2.75) is 12.1 Å². The van der Waals surface area contributed by atoms with Crippen molar-refractivity contribution in [3.8, 4) is 5.69 Å². The summed E-state index contributed by atoms with van der Waals surface area (Å²) in [7, 11) is 0. The number of benzene rings is 2. The molecule has 31 heavy (non-hydrogen) atoms. The summed E-state index contributed by atoms with van der Waals surface area (Å²) in [6, 6.07) is 21.7. The first-order chi connectivity index (χ1) is 15.1. The molecule has 1 fully saturated rings. The van der Waals surface area contributed by atoms with Crippen LogP contribution in [-0.2, 0) is 0 Å². The lowest BCUT2D eigenvalue weighted by atomic mass is 10.0. The van der Waals surface area contributed by atoms with Gasteiger partial charge in [-0.3, -0.25) is 4.98 Å². The molecular weight excluding hydrogens is 414 g/mol. The average molecular weight is 432 g/mol. The summed E-state index contributed by atoms with van der Waals surface area (Å²) in [5.74, 6) is -0.668. The molecule has 0 radical (unpaired) electrons. The molecule has 1 aliphatic rings. The third-order valence-electron chi connectivity index (χ3n) is 5.40. The van der Waals surface area contributed by atoms with E-state index in [1.807, 2.05) is 41.1 Å². The van der Waals surface area contributed by atoms with E-state index in [4.69, 9.17) is 12.2 Å². The molecule has 0 amide bonds. The van der Waals surface area contributed by atoms with Crippen LogP contribution < -0.4 is 10.2 Å². The van der Waals surface area contributed by atoms with Gasteiger partial charge < -0.3 is 14.8 Å². The highest BCUT2D eigenvalue weighted by atomic mass is 32.1. The first kappa shape index (κ1) is 19.4. The van der Waals surface area contributed by atoms with Gasteiger partial charge in [0.05, 0.1) is 17.4 Å². The minimum absolute atomic E-state index is 0.303. The van der Waals surface area contributed by atoms with Crippen molar-refractivity contribution in [3.63, 3.8) is 0 Å². The second-order valence-corrected chi connectivity index (χ2v) is 7.61. The predicted molar refractivity (Wildman–Crippen MR) is 120 cm³/mol. The second-order valence-electron chi connectivity index (χ2n) is 7.23. The fourth-order valence-corrected chi connectivity index (χ4v) is 4.37. The van der Waals surface area contributed by atoms with E-state index < -0.39 is 0 Å². The number of aromatic nitrogens is 2. The second kappa shape index (κ2) is 7.92. The third-order valence-corrected chi connectivity index (χ3v) is 5.71. The maximum atomic E-state index is 14.8. The van der Waals surface area contributed by atoms with Crippen LogP contribution in [0.15, 0.2) is 91.3 Å². The van der Waals surface area contributed by atoms with Gasteiger partial charge in [0, 0.05) is 23.8 Å². The number of hydrogen-bond acceptors (Lipinski definition) is 2. The number of halogens is 2. The van der Waals surface area contributed by atoms with Gasteiger partial charge in [0.25, 0.3) is 0 Å². The molecule has 0 saturated carbocycles. The molecule has 1 aliphatic heterocycles. The van der Waals surface area contributed by atoms with Crippen molar-refractivity contribution in [1.29, 1.82) is 0 Å². The predicted octanol–water partition coefficient (Wildman–Crippen LogP) is 5.33. The lowest BCUT2D eigenvalue weighted by Gasteiger charge is -2.29. The standard InChI is InChI=1S/C24H18F2N4S/c25-16-10-12-17(13-11-16)29-15-5-9-21(29)23-22(19-7-3-4-14-27-19)28-24(31)30(23)20-8-2-1-6-18(20)26/h1-15,22-23H,(H,28,31)/t22-,23-/m1/s1. The van der Waals surface area contributed by atoms with Gasteiger partial charge in [-0.2, -0.15) is 0 Å². The molecule has 0 bridgehead atoms. The smallest absolute Gasteiger partial charge is 0.174 e. The topological polar surface area (TPSA) is 33.1 Å². The Morgan fingerprint density at radius 1 is 0.871 bits per heavy atom. The summed E-state index contributed by atoms with van der Waals surface area (Å²) in [6.45, 7) is 0. The van der Waals surface area contributed by atoms with Gasteiger partial charge in [-0.15, -0.1) is 0 Å². The maximum Gasteiger partial charge on any atom is 0.174 e. The molecule has 4 aromatic rings. The van der Waals surface area contributed by atoms with Crippen molar-refractivity contribution >= 4 is 23.0 Å². The van der Waals surface area contributed by atoms with E-state index in [2.05, 4.69) is 10.3 Å². The van der Waals surface area contributed by atoms with Crippen LogP contribution in [0.4, 0.5) is 14.5 Å². The Morgan fingerprint density at radius 2 is 1.65 bits per heavy atom. The third kappa shape index (κ3) is 3.47. The number of pyridine rings is 1. The molecule has 5 rings (SSSR count). The average Bonchev–Trinajstić information content (AvgIpc) is 3.40. The molecule has 3 heterocycles. The molecule has 2 aromatic carbocycles. The van der Waals surface area contributed by atoms with Crippen molar-refractivity contribution in [3.05, 3.63) is 114 Å². The quantitative estimate of drug-likeness (QED) is 0.442. The zero-order valence-corrected chi connectivity index (χ0v) is 17.1. The Labute approximate surface area is 183 Å². The fourth-order valence-electron chi connectivity index (χ4n) is 4.03. The molecule has 0 spiro atoms. The molecule has 1 N–H and O–H groups in total. The van der Waals surface area contributed by atoms with Crippen LogP contribution in [-0.4, -0.2) is 14.7 Å². The molecule has 7 heteroatoms. The highest BCUT2D eigenvalue weighted by molar-refractivity contribution is 7.80. The number of para-hydroxylation sites is 1. The highest BCUT2D eigenvalue weighted by Gasteiger charge is 2.42. The van der Waals surface area contributed by atoms with Gasteiger partial charge in [0.2, 0.25) is 0 Å². The number of rotatable bonds is 4. The van der Waals surface area contributed by atoms with E-state index in [1.165, 1.54) is 18.2 Å². The Hall–Kier alpha value is -3.58. The van der Waals surface area contributed by atoms with E-state index in [0.29, 0.717) is 10.8 Å². The molecule has 154 valence electrons. The van der Waals surface area contributed by atoms with Gasteiger partial charge in [-0.1, -0.05) is 18.2 Å². The van der Waals surface area contributed by atoms with Gasteiger partial charge in [-0.25, -0.2) is 8.78 Å². The van der Waals surface area contributed by atoms with Crippen molar-refractivity contribution in [2.75, 3.05) is 4.90 Å². The lowest BCUT2D eigenvalue weighted by molar-refractivity contribution is 0.541. The first-order valence-corrected chi connectivity index (χ1v) is 10.2. The summed E-state index contributed by atoms with van der Waals surface area (Å²) in [4.78, 5) is 6.31. The molecule has 0 unspecified atom stereocenters. The minimum Gasteiger partial charge on any atom is -0.351 e. The number of hydrogen-bond donors (Lipinski definition) is 1. The normalized spacial score (nSPS) is 18.3. The Morgan fingerprint density at radius 3 is 2.39 bits per heavy atom. The Kier molecular flexibility index (Phi) is 4.95. The fraction of sp³-hybridized carbons (Fsp3) is 0.0833. The van der Waals surface area contributed by atoms with Gasteiger partial charge in [-0.05, 0) is 72.9 Å². The van der Waals surface area contributed by atoms with Gasteiger partial charge >= 0.3 is 0 Å². The molecule has 4 nitrogen and oxygen atoms in total. The lowest BCUT2D eigenvalue weighted by Crippen LogP contribution is -2.31. The van der Waals surface area contributed by atoms with Crippen molar-refractivity contribution < 1.29 is 8.78 Å². The summed E-state index contributed by atoms with van der Waals surface area (Å²) >= 11 is 5.65. The van der Waals surface area contributed by atoms with Gasteiger partial charge in [0.15, 0.2) is 5.11 Å². The molecule has 2 atom stereocenters. The van der Waals surface area contributed by atoms with Crippen LogP contribution in [0.1, 0.15) is 23.5 Å². The number of anilines is 1. The van der Waals surface area contributed by atoms with Crippen LogP contribution >= 0.6 is 12.2 Å². The summed E-state index contributed by atoms with van der Waals surface area (Å²) in [5.41, 5.74) is 2.85. The van der Waals surface area contributed by atoms with Crippen LogP contribution in [0.2, 0.25) is 0 Å². The number of nitrogens with one attached hydrogen (secondary N) is 1. The monoisotopic (exact) mass is 432 g/mol. The molecular formula is C24H18F2N4S. The van der Waals surface area contributed by atoms with E-state index in [-0.39, 0.29) is 23.7 Å². The maximum absolute atomic E-state index is 14.8. The van der Waals surface area contributed by atoms with Crippen molar-refractivity contribution in [1.82, 2.24) is 14.9 Å². The van der Waals surface area contributed by atoms with Crippen LogP contribution in [0.3, 0.4) is 0 Å². The van der Waals surface area contributed by atoms with Crippen LogP contribution in [0.5, 0.6) is 0 Å². The summed E-state index contributed by atoms with van der Waals surface area (Å²) < 4.78 is 30.3. The molecule has 1 saturated heterocycles. The summed E-state index contributed by atoms with van der Waals surface area (Å²) in [6.07, 6.45) is 3.63. The minimum atomic E-state index is -0.376. The molecule has 0 aliphatic carbocycles. The van der Waals surface area contributed by atoms with E-state index in [1.54, 1.807) is 41.4 Å². The zero-order valence-electron chi connectivity index (χ0n) is 16.3. The number of thiocarbonyl (C=S) groups is 1. The van der Waals surface area contributed by atoms with E-state index >= 15 is 0 Å². The van der Waals surface area contributed by atoms with Gasteiger partial charge in [0.1, 0.15) is 17.7 Å². The Balaban J connectivity index is 1.68. The van der Waals surface area contributed by atoms with Crippen LogP contribution in [0, 0.1) is 11.6 Å². The largest absolute Gasteiger partial charge is 0.351 e. The summed E-state index contributed by atoms with van der Waals surface area (Å²) in [5, 5.41) is 3.74. The Bertz CT molecular complexity index is 1220. The first-order valence-electron chi connectivity index (χ1n) is 9.82. The zero-order chi connectivity index (χ0) is 21.4. The highest BCUT2D eigenvalue weighted by Crippen LogP contribution is 2.42.